The second-order valence-electron chi connectivity index (χ2n) is 6.31. The number of likely N-dealkylation sites (tertiary alicyclic amines) is 1. The lowest BCUT2D eigenvalue weighted by molar-refractivity contribution is 0.0575. The Morgan fingerprint density at radius 1 is 1.31 bits per heavy atom. The number of nitrogens with zero attached hydrogens (tertiary/aromatic N) is 3. The maximum Gasteiger partial charge on any atom is 0.266 e. The Bertz CT molecular complexity index is 894. The first-order valence-electron chi connectivity index (χ1n) is 8.60. The van der Waals surface area contributed by atoms with Gasteiger partial charge in [-0.3, -0.25) is 9.78 Å². The van der Waals surface area contributed by atoms with Crippen LogP contribution in [0.1, 0.15) is 52.2 Å². The molecule has 2 aromatic heterocycles. The van der Waals surface area contributed by atoms with E-state index in [1.165, 1.54) is 11.3 Å². The van der Waals surface area contributed by atoms with Gasteiger partial charge in [0.15, 0.2) is 0 Å². The Morgan fingerprint density at radius 3 is 3.00 bits per heavy atom. The smallest absolute Gasteiger partial charge is 0.266 e. The van der Waals surface area contributed by atoms with Gasteiger partial charge in [-0.15, -0.1) is 11.3 Å². The van der Waals surface area contributed by atoms with Crippen LogP contribution in [0.4, 0.5) is 0 Å². The van der Waals surface area contributed by atoms with Gasteiger partial charge in [-0.05, 0) is 30.9 Å². The van der Waals surface area contributed by atoms with Crippen molar-refractivity contribution in [2.75, 3.05) is 6.54 Å². The number of aromatic nitrogens is 2. The predicted octanol–water partition coefficient (Wildman–Crippen LogP) is 4.74. The summed E-state index contributed by atoms with van der Waals surface area (Å²) in [6, 6.07) is 7.58. The Balaban J connectivity index is 1.55. The molecule has 1 fully saturated rings. The van der Waals surface area contributed by atoms with Gasteiger partial charge in [0, 0.05) is 18.0 Å². The number of carbonyl (C=O) groups excluding carboxylic acids is 1. The number of halogens is 1. The molecule has 0 aliphatic carbocycles. The topological polar surface area (TPSA) is 59.2 Å². The summed E-state index contributed by atoms with van der Waals surface area (Å²) in [5, 5.41) is 0.713. The van der Waals surface area contributed by atoms with E-state index in [1.807, 2.05) is 29.2 Å². The summed E-state index contributed by atoms with van der Waals surface area (Å²) >= 11 is 7.59. The number of rotatable bonds is 4. The maximum atomic E-state index is 12.8. The molecule has 134 valence electrons. The highest BCUT2D eigenvalue weighted by molar-refractivity contribution is 7.11. The summed E-state index contributed by atoms with van der Waals surface area (Å²) in [6.45, 7) is 0.712. The van der Waals surface area contributed by atoms with Crippen LogP contribution in [0.15, 0.2) is 46.6 Å². The normalized spacial score (nSPS) is 17.4. The third-order valence-corrected chi connectivity index (χ3v) is 5.72. The fourth-order valence-corrected chi connectivity index (χ4v) is 4.06. The standard InChI is InChI=1S/C19H18ClN3O2S/c20-15-6-2-1-5-13(15)9-14-10-22-18(25-14)16-7-3-4-8-23(16)19(24)17-11-21-12-26-17/h1-2,5-6,10-12,16H,3-4,7-9H2/t16-/m0/s1. The molecule has 1 atom stereocenters. The highest BCUT2D eigenvalue weighted by Crippen LogP contribution is 2.33. The molecule has 1 aliphatic rings. The maximum absolute atomic E-state index is 12.8. The molecular formula is C19H18ClN3O2S. The fraction of sp³-hybridized carbons (Fsp3) is 0.316. The lowest BCUT2D eigenvalue weighted by atomic mass is 10.0. The number of hydrogen-bond donors (Lipinski definition) is 0. The van der Waals surface area contributed by atoms with E-state index in [2.05, 4.69) is 9.97 Å². The summed E-state index contributed by atoms with van der Waals surface area (Å²) in [4.78, 5) is 23.8. The molecule has 1 aromatic carbocycles. The second-order valence-corrected chi connectivity index (χ2v) is 7.60. The van der Waals surface area contributed by atoms with Crippen LogP contribution in [-0.2, 0) is 6.42 Å². The molecule has 1 aliphatic heterocycles. The first-order valence-corrected chi connectivity index (χ1v) is 9.85. The van der Waals surface area contributed by atoms with Crippen LogP contribution in [-0.4, -0.2) is 27.3 Å². The zero-order valence-corrected chi connectivity index (χ0v) is 15.7. The summed E-state index contributed by atoms with van der Waals surface area (Å²) < 4.78 is 6.00. The van der Waals surface area contributed by atoms with E-state index in [1.54, 1.807) is 17.9 Å². The lowest BCUT2D eigenvalue weighted by Gasteiger charge is -2.33. The molecule has 26 heavy (non-hydrogen) atoms. The Labute approximate surface area is 160 Å². The molecule has 0 saturated carbocycles. The van der Waals surface area contributed by atoms with Crippen LogP contribution in [0.3, 0.4) is 0 Å². The van der Waals surface area contributed by atoms with E-state index in [0.717, 1.165) is 30.6 Å². The largest absolute Gasteiger partial charge is 0.443 e. The van der Waals surface area contributed by atoms with E-state index in [-0.39, 0.29) is 11.9 Å². The molecule has 3 heterocycles. The van der Waals surface area contributed by atoms with Gasteiger partial charge in [-0.25, -0.2) is 4.98 Å². The molecule has 0 spiro atoms. The van der Waals surface area contributed by atoms with Crippen LogP contribution < -0.4 is 0 Å². The number of piperidine rings is 1. The Morgan fingerprint density at radius 2 is 2.19 bits per heavy atom. The van der Waals surface area contributed by atoms with Gasteiger partial charge in [0.05, 0.1) is 17.9 Å². The first kappa shape index (κ1) is 17.2. The van der Waals surface area contributed by atoms with Gasteiger partial charge < -0.3 is 9.32 Å². The van der Waals surface area contributed by atoms with Gasteiger partial charge in [-0.1, -0.05) is 29.8 Å². The Kier molecular flexibility index (Phi) is 5.04. The van der Waals surface area contributed by atoms with Gasteiger partial charge in [0.1, 0.15) is 16.7 Å². The summed E-state index contributed by atoms with van der Waals surface area (Å²) in [5.41, 5.74) is 2.68. The molecule has 0 radical (unpaired) electrons. The number of benzene rings is 1. The minimum atomic E-state index is -0.127. The number of carbonyl (C=O) groups is 1. The van der Waals surface area contributed by atoms with Gasteiger partial charge in [0.2, 0.25) is 5.89 Å². The predicted molar refractivity (Wildman–Crippen MR) is 101 cm³/mol. The summed E-state index contributed by atoms with van der Waals surface area (Å²) in [5.74, 6) is 1.36. The van der Waals surface area contributed by atoms with Crippen LogP contribution >= 0.6 is 22.9 Å². The average molecular weight is 388 g/mol. The van der Waals surface area contributed by atoms with Gasteiger partial charge >= 0.3 is 0 Å². The van der Waals surface area contributed by atoms with Gasteiger partial charge in [0.25, 0.3) is 5.91 Å². The van der Waals surface area contributed by atoms with E-state index >= 15 is 0 Å². The lowest BCUT2D eigenvalue weighted by Crippen LogP contribution is -2.38. The van der Waals surface area contributed by atoms with Crippen molar-refractivity contribution in [1.82, 2.24) is 14.9 Å². The number of oxazole rings is 1. The first-order chi connectivity index (χ1) is 12.7. The van der Waals surface area contributed by atoms with Crippen molar-refractivity contribution in [3.05, 3.63) is 69.3 Å². The van der Waals surface area contributed by atoms with Crippen LogP contribution in [0.25, 0.3) is 0 Å². The van der Waals surface area contributed by atoms with Crippen LogP contribution in [0, 0.1) is 0 Å². The number of amides is 1. The zero-order chi connectivity index (χ0) is 17.9. The molecular weight excluding hydrogens is 370 g/mol. The minimum Gasteiger partial charge on any atom is -0.443 e. The molecule has 1 amide bonds. The molecule has 3 aromatic rings. The van der Waals surface area contributed by atoms with E-state index in [4.69, 9.17) is 16.0 Å². The molecule has 4 rings (SSSR count). The highest BCUT2D eigenvalue weighted by Gasteiger charge is 2.32. The van der Waals surface area contributed by atoms with Gasteiger partial charge in [-0.2, -0.15) is 0 Å². The second kappa shape index (κ2) is 7.60. The molecule has 0 unspecified atom stereocenters. The van der Waals surface area contributed by atoms with Crippen molar-refractivity contribution in [2.24, 2.45) is 0 Å². The van der Waals surface area contributed by atoms with Crippen molar-refractivity contribution in [2.45, 2.75) is 31.7 Å². The van der Waals surface area contributed by atoms with Crippen molar-refractivity contribution < 1.29 is 9.21 Å². The summed E-state index contributed by atoms with van der Waals surface area (Å²) in [6.07, 6.45) is 6.85. The minimum absolute atomic E-state index is 0.00283. The third kappa shape index (κ3) is 3.52. The zero-order valence-electron chi connectivity index (χ0n) is 14.1. The van der Waals surface area contributed by atoms with Crippen molar-refractivity contribution in [1.29, 1.82) is 0 Å². The van der Waals surface area contributed by atoms with E-state index in [0.29, 0.717) is 28.8 Å². The molecule has 7 heteroatoms. The molecule has 0 N–H and O–H groups in total. The highest BCUT2D eigenvalue weighted by atomic mass is 35.5. The summed E-state index contributed by atoms with van der Waals surface area (Å²) in [7, 11) is 0. The van der Waals surface area contributed by atoms with Crippen molar-refractivity contribution in [3.63, 3.8) is 0 Å². The number of thiazole rings is 1. The van der Waals surface area contributed by atoms with Crippen molar-refractivity contribution in [3.8, 4) is 0 Å². The monoisotopic (exact) mass is 387 g/mol. The fourth-order valence-electron chi connectivity index (χ4n) is 3.28. The number of hydrogen-bond acceptors (Lipinski definition) is 5. The third-order valence-electron chi connectivity index (χ3n) is 4.59. The molecule has 5 nitrogen and oxygen atoms in total. The molecule has 1 saturated heterocycles. The van der Waals surface area contributed by atoms with Crippen molar-refractivity contribution >= 4 is 28.8 Å². The SMILES string of the molecule is O=C(c1cncs1)N1CCCC[C@H]1c1ncc(Cc2ccccc2Cl)o1. The molecule has 0 bridgehead atoms. The van der Waals surface area contributed by atoms with E-state index < -0.39 is 0 Å². The van der Waals surface area contributed by atoms with E-state index in [9.17, 15) is 4.79 Å². The Hall–Kier alpha value is -2.18. The van der Waals surface area contributed by atoms with Crippen LogP contribution in [0.2, 0.25) is 5.02 Å². The average Bonchev–Trinajstić information content (AvgIpc) is 3.35. The van der Waals surface area contributed by atoms with Crippen LogP contribution in [0.5, 0.6) is 0 Å². The quantitative estimate of drug-likeness (QED) is 0.648.